The molecular weight excluding hydrogens is 635 g/mol. The van der Waals surface area contributed by atoms with Crippen molar-refractivity contribution in [1.82, 2.24) is 0 Å². The van der Waals surface area contributed by atoms with E-state index in [1.165, 1.54) is 5.56 Å². The monoisotopic (exact) mass is 686 g/mol. The molecular formula is C40H52N3O5S+. The molecule has 1 atom stereocenters. The quantitative estimate of drug-likeness (QED) is 0.124. The van der Waals surface area contributed by atoms with Gasteiger partial charge < -0.3 is 10.0 Å². The summed E-state index contributed by atoms with van der Waals surface area (Å²) in [5.41, 5.74) is 8.05. The van der Waals surface area contributed by atoms with Gasteiger partial charge in [-0.15, -0.1) is 0 Å². The molecule has 0 spiro atoms. The Morgan fingerprint density at radius 1 is 0.980 bits per heavy atom. The third kappa shape index (κ3) is 6.47. The average molecular weight is 687 g/mol. The molecule has 1 unspecified atom stereocenters. The Labute approximate surface area is 292 Å². The lowest BCUT2D eigenvalue weighted by Gasteiger charge is -2.30. The molecule has 0 aromatic heterocycles. The van der Waals surface area contributed by atoms with E-state index in [0.717, 1.165) is 77.7 Å². The number of para-hydroxylation sites is 1. The first kappa shape index (κ1) is 36.5. The second kappa shape index (κ2) is 13.5. The molecule has 0 fully saturated rings. The maximum Gasteiger partial charge on any atom is 0.336 e. The van der Waals surface area contributed by atoms with Gasteiger partial charge in [-0.25, -0.2) is 4.79 Å². The number of fused-ring (bicyclic) bond motifs is 4. The van der Waals surface area contributed by atoms with Crippen LogP contribution in [-0.2, 0) is 26.4 Å². The summed E-state index contributed by atoms with van der Waals surface area (Å²) in [4.78, 5) is 19.9. The van der Waals surface area contributed by atoms with Crippen LogP contribution in [0, 0.1) is 0 Å². The first-order chi connectivity index (χ1) is 23.0. The van der Waals surface area contributed by atoms with E-state index in [1.807, 2.05) is 43.4 Å². The SMILES string of the molecule is CCCCN1C(=CC=CC=CC2=[N+](CCC)c3cc(C(=O)O)c4c(c3C2(C)C)N=C(C)C4(C)C)C(C)(CCCS(=O)(=O)O)c2ccccc21. The zero-order valence-corrected chi connectivity index (χ0v) is 31.1. The number of carbonyl (C=O) groups is 1. The van der Waals surface area contributed by atoms with E-state index in [-0.39, 0.29) is 5.75 Å². The number of hydrogen-bond donors (Lipinski definition) is 2. The summed E-state index contributed by atoms with van der Waals surface area (Å²) >= 11 is 0. The standard InChI is InChI=1S/C40H51N3O5S/c1-9-11-24-43-30-19-16-15-18-29(30)40(8,22-17-25-49(46,47)48)33(43)21-14-12-13-20-32-39(6,7)35-31(42(32)23-10-2)26-28(37(44)45)34-36(35)41-27(3)38(34,4)5/h12-16,18-21,26H,9-11,17,22-25H2,1-8H3,(H-,44,45,46,47,48)/p+1. The zero-order chi connectivity index (χ0) is 35.9. The number of anilines is 1. The highest BCUT2D eigenvalue weighted by Gasteiger charge is 2.51. The molecule has 9 heteroatoms. The minimum absolute atomic E-state index is 0.268. The van der Waals surface area contributed by atoms with E-state index >= 15 is 0 Å². The van der Waals surface area contributed by atoms with Gasteiger partial charge in [0.25, 0.3) is 10.1 Å². The van der Waals surface area contributed by atoms with Crippen molar-refractivity contribution >= 4 is 44.6 Å². The Hall–Kier alpha value is -3.82. The van der Waals surface area contributed by atoms with Crippen molar-refractivity contribution in [2.75, 3.05) is 23.7 Å². The number of hydrogen-bond acceptors (Lipinski definition) is 5. The van der Waals surface area contributed by atoms with Crippen molar-refractivity contribution in [3.8, 4) is 0 Å². The second-order valence-corrected chi connectivity index (χ2v) is 16.4. The van der Waals surface area contributed by atoms with Gasteiger partial charge in [-0.2, -0.15) is 13.0 Å². The number of rotatable bonds is 13. The van der Waals surface area contributed by atoms with Crippen LogP contribution in [0.2, 0.25) is 0 Å². The molecule has 0 amide bonds. The van der Waals surface area contributed by atoms with Crippen LogP contribution in [0.4, 0.5) is 17.1 Å². The Morgan fingerprint density at radius 2 is 1.69 bits per heavy atom. The average Bonchev–Trinajstić information content (AvgIpc) is 3.49. The fourth-order valence-electron chi connectivity index (χ4n) is 8.04. The molecule has 5 rings (SSSR count). The van der Waals surface area contributed by atoms with Crippen LogP contribution >= 0.6 is 0 Å². The number of nitrogens with zero attached hydrogens (tertiary/aromatic N) is 3. The molecule has 8 nitrogen and oxygen atoms in total. The normalized spacial score (nSPS) is 21.6. The van der Waals surface area contributed by atoms with Gasteiger partial charge in [0, 0.05) is 58.6 Å². The fraction of sp³-hybridized carbons (Fsp3) is 0.475. The lowest BCUT2D eigenvalue weighted by molar-refractivity contribution is -0.437. The number of aliphatic imine (C=N–C) groups is 1. The first-order valence-electron chi connectivity index (χ1n) is 17.5. The number of aromatic carboxylic acids is 1. The predicted octanol–water partition coefficient (Wildman–Crippen LogP) is 8.80. The summed E-state index contributed by atoms with van der Waals surface area (Å²) in [7, 11) is -4.05. The van der Waals surface area contributed by atoms with Crippen LogP contribution in [0.15, 0.2) is 71.4 Å². The van der Waals surface area contributed by atoms with Crippen LogP contribution < -0.4 is 4.90 Å². The highest BCUT2D eigenvalue weighted by atomic mass is 32.2. The Morgan fingerprint density at radius 3 is 2.35 bits per heavy atom. The maximum absolute atomic E-state index is 12.6. The summed E-state index contributed by atoms with van der Waals surface area (Å²) in [5.74, 6) is -1.20. The first-order valence-corrected chi connectivity index (χ1v) is 19.1. The lowest BCUT2D eigenvalue weighted by Crippen LogP contribution is -2.29. The van der Waals surface area contributed by atoms with Gasteiger partial charge in [-0.1, -0.05) is 70.5 Å². The van der Waals surface area contributed by atoms with Gasteiger partial charge in [0.1, 0.15) is 6.54 Å². The predicted molar refractivity (Wildman–Crippen MR) is 200 cm³/mol. The summed E-state index contributed by atoms with van der Waals surface area (Å²) in [5, 5.41) is 10.3. The number of unbranched alkanes of at least 4 members (excludes halogenated alkanes) is 1. The molecule has 0 radical (unpaired) electrons. The molecule has 2 aromatic carbocycles. The number of allylic oxidation sites excluding steroid dienone is 6. The van der Waals surface area contributed by atoms with Gasteiger partial charge in [0.15, 0.2) is 5.71 Å². The molecule has 49 heavy (non-hydrogen) atoms. The van der Waals surface area contributed by atoms with E-state index in [9.17, 15) is 22.9 Å². The minimum atomic E-state index is -4.05. The van der Waals surface area contributed by atoms with Crippen molar-refractivity contribution in [2.24, 2.45) is 4.99 Å². The molecule has 3 aliphatic heterocycles. The highest BCUT2D eigenvalue weighted by Crippen LogP contribution is 2.54. The number of carboxylic acids is 1. The van der Waals surface area contributed by atoms with Crippen molar-refractivity contribution in [3.05, 3.63) is 88.7 Å². The fourth-order valence-corrected chi connectivity index (χ4v) is 8.55. The Kier molecular flexibility index (Phi) is 10.0. The molecule has 3 aliphatic rings. The van der Waals surface area contributed by atoms with E-state index in [2.05, 4.69) is 82.2 Å². The smallest absolute Gasteiger partial charge is 0.336 e. The number of carboxylic acid groups (broad SMARTS) is 1. The molecule has 0 saturated carbocycles. The molecule has 0 aliphatic carbocycles. The van der Waals surface area contributed by atoms with Crippen LogP contribution in [0.1, 0.15) is 115 Å². The third-order valence-corrected chi connectivity index (χ3v) is 11.6. The molecule has 262 valence electrons. The molecule has 3 heterocycles. The third-order valence-electron chi connectivity index (χ3n) is 10.8. The largest absolute Gasteiger partial charge is 0.478 e. The van der Waals surface area contributed by atoms with E-state index in [4.69, 9.17) is 4.99 Å². The van der Waals surface area contributed by atoms with Crippen molar-refractivity contribution in [2.45, 2.75) is 104 Å². The van der Waals surface area contributed by atoms with Gasteiger partial charge in [-0.05, 0) is 64.7 Å². The Bertz CT molecular complexity index is 1930. The zero-order valence-electron chi connectivity index (χ0n) is 30.3. The topological polar surface area (TPSA) is 110 Å². The van der Waals surface area contributed by atoms with Crippen molar-refractivity contribution in [3.63, 3.8) is 0 Å². The van der Waals surface area contributed by atoms with E-state index in [1.54, 1.807) is 0 Å². The van der Waals surface area contributed by atoms with Crippen LogP contribution in [0.25, 0.3) is 0 Å². The summed E-state index contributed by atoms with van der Waals surface area (Å²) in [6, 6.07) is 10.2. The molecule has 2 aromatic rings. The number of benzene rings is 2. The van der Waals surface area contributed by atoms with Crippen LogP contribution in [0.5, 0.6) is 0 Å². The maximum atomic E-state index is 12.6. The van der Waals surface area contributed by atoms with Crippen molar-refractivity contribution < 1.29 is 27.4 Å². The highest BCUT2D eigenvalue weighted by molar-refractivity contribution is 7.85. The van der Waals surface area contributed by atoms with Crippen molar-refractivity contribution in [1.29, 1.82) is 0 Å². The Balaban J connectivity index is 1.53. The van der Waals surface area contributed by atoms with Crippen LogP contribution in [-0.4, -0.2) is 58.9 Å². The summed E-state index contributed by atoms with van der Waals surface area (Å²) < 4.78 is 34.9. The van der Waals surface area contributed by atoms with E-state index in [0.29, 0.717) is 18.4 Å². The summed E-state index contributed by atoms with van der Waals surface area (Å²) in [6.45, 7) is 18.6. The molecule has 0 bridgehead atoms. The van der Waals surface area contributed by atoms with Gasteiger partial charge in [0.2, 0.25) is 5.69 Å². The van der Waals surface area contributed by atoms with Gasteiger partial charge in [-0.3, -0.25) is 9.55 Å². The van der Waals surface area contributed by atoms with Crippen LogP contribution in [0.3, 0.4) is 0 Å². The molecule has 0 saturated heterocycles. The summed E-state index contributed by atoms with van der Waals surface area (Å²) in [6.07, 6.45) is 14.3. The van der Waals surface area contributed by atoms with Gasteiger partial charge in [0.05, 0.1) is 28.0 Å². The second-order valence-electron chi connectivity index (χ2n) is 14.9. The minimum Gasteiger partial charge on any atom is -0.478 e. The lowest BCUT2D eigenvalue weighted by atomic mass is 9.74. The van der Waals surface area contributed by atoms with E-state index < -0.39 is 32.3 Å². The van der Waals surface area contributed by atoms with Gasteiger partial charge >= 0.3 is 5.97 Å². The molecule has 2 N–H and O–H groups in total.